The van der Waals surface area contributed by atoms with Gasteiger partial charge in [0.05, 0.1) is 18.6 Å². The van der Waals surface area contributed by atoms with Crippen molar-refractivity contribution in [1.82, 2.24) is 14.5 Å². The zero-order chi connectivity index (χ0) is 22.2. The maximum Gasteiger partial charge on any atom is 0.253 e. The Morgan fingerprint density at radius 3 is 2.65 bits per heavy atom. The molecule has 8 heteroatoms. The number of hydrogen-bond donors (Lipinski definition) is 1. The Hall–Kier alpha value is -3.26. The molecule has 0 aliphatic carbocycles. The van der Waals surface area contributed by atoms with Crippen LogP contribution in [0, 0.1) is 0 Å². The molecule has 0 saturated carbocycles. The maximum atomic E-state index is 12.5. The predicted molar refractivity (Wildman–Crippen MR) is 123 cm³/mol. The Kier molecular flexibility index (Phi) is 7.72. The molecule has 31 heavy (non-hydrogen) atoms. The Morgan fingerprint density at radius 2 is 1.90 bits per heavy atom. The fraction of sp³-hybridized carbons (Fsp3) is 0.261. The Balaban J connectivity index is 1.64. The van der Waals surface area contributed by atoms with Crippen molar-refractivity contribution < 1.29 is 14.3 Å². The highest BCUT2D eigenvalue weighted by atomic mass is 32.2. The van der Waals surface area contributed by atoms with Gasteiger partial charge in [0.1, 0.15) is 5.75 Å². The van der Waals surface area contributed by atoms with Gasteiger partial charge < -0.3 is 15.0 Å². The maximum absolute atomic E-state index is 12.5. The number of imidazole rings is 1. The second-order valence-corrected chi connectivity index (χ2v) is 7.62. The van der Waals surface area contributed by atoms with Crippen molar-refractivity contribution in [2.75, 3.05) is 31.3 Å². The van der Waals surface area contributed by atoms with E-state index in [0.29, 0.717) is 29.5 Å². The second-order valence-electron chi connectivity index (χ2n) is 6.68. The standard InChI is InChI=1S/C23H26N4O3S/c1-4-26(5-2)22(29)17-8-6-9-18(14-17)25-21(28)16-31-23-24-12-13-27(23)19-10-7-11-20(15-19)30-3/h6-15H,4-5,16H2,1-3H3,(H,25,28). The molecule has 0 fully saturated rings. The number of aromatic nitrogens is 2. The van der Waals surface area contributed by atoms with Crippen LogP contribution in [0.1, 0.15) is 24.2 Å². The van der Waals surface area contributed by atoms with Crippen LogP contribution >= 0.6 is 11.8 Å². The molecule has 0 spiro atoms. The summed E-state index contributed by atoms with van der Waals surface area (Å²) in [4.78, 5) is 31.1. The number of ether oxygens (including phenoxy) is 1. The fourth-order valence-electron chi connectivity index (χ4n) is 3.10. The number of rotatable bonds is 9. The number of methoxy groups -OCH3 is 1. The van der Waals surface area contributed by atoms with Crippen molar-refractivity contribution >= 4 is 29.3 Å². The zero-order valence-electron chi connectivity index (χ0n) is 17.9. The van der Waals surface area contributed by atoms with Crippen LogP contribution in [0.15, 0.2) is 66.1 Å². The number of amides is 2. The van der Waals surface area contributed by atoms with E-state index in [1.165, 1.54) is 11.8 Å². The van der Waals surface area contributed by atoms with E-state index >= 15 is 0 Å². The third-order valence-corrected chi connectivity index (χ3v) is 5.68. The van der Waals surface area contributed by atoms with E-state index in [2.05, 4.69) is 10.3 Å². The lowest BCUT2D eigenvalue weighted by molar-refractivity contribution is -0.113. The smallest absolute Gasteiger partial charge is 0.253 e. The van der Waals surface area contributed by atoms with Crippen molar-refractivity contribution in [2.45, 2.75) is 19.0 Å². The van der Waals surface area contributed by atoms with E-state index in [1.54, 1.807) is 42.5 Å². The van der Waals surface area contributed by atoms with Gasteiger partial charge in [-0.15, -0.1) is 0 Å². The molecular weight excluding hydrogens is 412 g/mol. The molecule has 0 radical (unpaired) electrons. The predicted octanol–water partition coefficient (Wildman–Crippen LogP) is 4.09. The summed E-state index contributed by atoms with van der Waals surface area (Å²) in [6.07, 6.45) is 3.54. The van der Waals surface area contributed by atoms with Gasteiger partial charge in [0.25, 0.3) is 5.91 Å². The molecule has 7 nitrogen and oxygen atoms in total. The fourth-order valence-corrected chi connectivity index (χ4v) is 3.88. The van der Waals surface area contributed by atoms with Crippen LogP contribution in [-0.2, 0) is 4.79 Å². The Labute approximate surface area is 186 Å². The van der Waals surface area contributed by atoms with Crippen LogP contribution in [0.3, 0.4) is 0 Å². The van der Waals surface area contributed by atoms with Crippen molar-refractivity contribution in [3.05, 3.63) is 66.5 Å². The number of thioether (sulfide) groups is 1. The lowest BCUT2D eigenvalue weighted by atomic mass is 10.1. The summed E-state index contributed by atoms with van der Waals surface area (Å²) < 4.78 is 7.19. The van der Waals surface area contributed by atoms with Gasteiger partial charge in [-0.25, -0.2) is 4.98 Å². The lowest BCUT2D eigenvalue weighted by Crippen LogP contribution is -2.30. The topological polar surface area (TPSA) is 76.5 Å². The normalized spacial score (nSPS) is 10.5. The van der Waals surface area contributed by atoms with Gasteiger partial charge in [-0.2, -0.15) is 0 Å². The van der Waals surface area contributed by atoms with E-state index in [0.717, 1.165) is 11.4 Å². The minimum absolute atomic E-state index is 0.0456. The minimum Gasteiger partial charge on any atom is -0.497 e. The minimum atomic E-state index is -0.169. The summed E-state index contributed by atoms with van der Waals surface area (Å²) in [5, 5.41) is 3.57. The number of anilines is 1. The zero-order valence-corrected chi connectivity index (χ0v) is 18.7. The van der Waals surface area contributed by atoms with Crippen LogP contribution in [0.4, 0.5) is 5.69 Å². The summed E-state index contributed by atoms with van der Waals surface area (Å²) in [6, 6.07) is 14.7. The molecule has 0 unspecified atom stereocenters. The molecule has 1 aromatic heterocycles. The summed E-state index contributed by atoms with van der Waals surface area (Å²) in [5.41, 5.74) is 2.06. The highest BCUT2D eigenvalue weighted by Crippen LogP contribution is 2.23. The van der Waals surface area contributed by atoms with Crippen molar-refractivity contribution in [2.24, 2.45) is 0 Å². The average molecular weight is 439 g/mol. The van der Waals surface area contributed by atoms with Gasteiger partial charge in [0.2, 0.25) is 5.91 Å². The average Bonchev–Trinajstić information content (AvgIpc) is 3.27. The molecular formula is C23H26N4O3S. The third-order valence-electron chi connectivity index (χ3n) is 4.71. The molecule has 0 aliphatic rings. The number of nitrogens with zero attached hydrogens (tertiary/aromatic N) is 3. The van der Waals surface area contributed by atoms with Gasteiger partial charge in [-0.05, 0) is 44.2 Å². The van der Waals surface area contributed by atoms with Gasteiger partial charge in [-0.1, -0.05) is 23.9 Å². The first-order chi connectivity index (χ1) is 15.0. The first-order valence-corrected chi connectivity index (χ1v) is 11.0. The van der Waals surface area contributed by atoms with Crippen LogP contribution in [0.5, 0.6) is 5.75 Å². The second kappa shape index (κ2) is 10.7. The molecule has 1 heterocycles. The molecule has 0 saturated heterocycles. The Bertz CT molecular complexity index is 1050. The van der Waals surface area contributed by atoms with Crippen molar-refractivity contribution in [3.8, 4) is 11.4 Å². The van der Waals surface area contributed by atoms with Gasteiger partial charge >= 0.3 is 0 Å². The van der Waals surface area contributed by atoms with Crippen LogP contribution in [0.2, 0.25) is 0 Å². The first kappa shape index (κ1) is 22.4. The molecule has 3 aromatic rings. The molecule has 0 bridgehead atoms. The number of hydrogen-bond acceptors (Lipinski definition) is 5. The SMILES string of the molecule is CCN(CC)C(=O)c1cccc(NC(=O)CSc2nccn2-c2cccc(OC)c2)c1. The van der Waals surface area contributed by atoms with Crippen molar-refractivity contribution in [1.29, 1.82) is 0 Å². The quantitative estimate of drug-likeness (QED) is 0.509. The van der Waals surface area contributed by atoms with Crippen LogP contribution in [0.25, 0.3) is 5.69 Å². The van der Waals surface area contributed by atoms with Gasteiger partial charge in [0.15, 0.2) is 5.16 Å². The third kappa shape index (κ3) is 5.67. The molecule has 3 rings (SSSR count). The van der Waals surface area contributed by atoms with Crippen molar-refractivity contribution in [3.63, 3.8) is 0 Å². The molecule has 0 aliphatic heterocycles. The molecule has 162 valence electrons. The van der Waals surface area contributed by atoms with E-state index in [1.807, 2.05) is 48.9 Å². The molecule has 0 atom stereocenters. The number of nitrogens with one attached hydrogen (secondary N) is 1. The largest absolute Gasteiger partial charge is 0.497 e. The summed E-state index contributed by atoms with van der Waals surface area (Å²) in [7, 11) is 1.62. The molecule has 1 N–H and O–H groups in total. The van der Waals surface area contributed by atoms with E-state index < -0.39 is 0 Å². The van der Waals surface area contributed by atoms with Crippen LogP contribution in [-0.4, -0.2) is 52.2 Å². The summed E-state index contributed by atoms with van der Waals surface area (Å²) in [6.45, 7) is 5.17. The van der Waals surface area contributed by atoms with E-state index in [9.17, 15) is 9.59 Å². The lowest BCUT2D eigenvalue weighted by Gasteiger charge is -2.19. The van der Waals surface area contributed by atoms with Crippen LogP contribution < -0.4 is 10.1 Å². The monoisotopic (exact) mass is 438 g/mol. The van der Waals surface area contributed by atoms with E-state index in [-0.39, 0.29) is 17.6 Å². The van der Waals surface area contributed by atoms with Gasteiger partial charge in [-0.3, -0.25) is 14.2 Å². The van der Waals surface area contributed by atoms with E-state index in [4.69, 9.17) is 4.74 Å². The first-order valence-electron chi connectivity index (χ1n) is 10.1. The highest BCUT2D eigenvalue weighted by molar-refractivity contribution is 7.99. The number of carbonyl (C=O) groups excluding carboxylic acids is 2. The summed E-state index contributed by atoms with van der Waals surface area (Å²) in [5.74, 6) is 0.724. The number of carbonyl (C=O) groups is 2. The summed E-state index contributed by atoms with van der Waals surface area (Å²) >= 11 is 1.34. The molecule has 2 aromatic carbocycles. The van der Waals surface area contributed by atoms with Gasteiger partial charge in [0, 0.05) is 42.8 Å². The Morgan fingerprint density at radius 1 is 1.13 bits per heavy atom. The highest BCUT2D eigenvalue weighted by Gasteiger charge is 2.14. The molecule has 2 amide bonds. The number of benzene rings is 2.